The fraction of sp³-hybridized carbons (Fsp3) is 0.375. The van der Waals surface area contributed by atoms with Gasteiger partial charge in [-0.3, -0.25) is 9.78 Å². The second-order valence-electron chi connectivity index (χ2n) is 8.41. The molecule has 2 atom stereocenters. The first kappa shape index (κ1) is 23.2. The van der Waals surface area contributed by atoms with Gasteiger partial charge >= 0.3 is 6.18 Å². The molecule has 174 valence electrons. The number of alkyl halides is 3. The number of carbonyl (C=O) groups is 1. The number of aromatic nitrogens is 2. The molecular weight excluding hydrogens is 449 g/mol. The first-order chi connectivity index (χ1) is 15.7. The summed E-state index contributed by atoms with van der Waals surface area (Å²) in [6, 6.07) is 8.09. The number of rotatable bonds is 5. The van der Waals surface area contributed by atoms with Crippen LogP contribution in [0.1, 0.15) is 41.3 Å². The van der Waals surface area contributed by atoms with Crippen molar-refractivity contribution in [2.75, 3.05) is 18.4 Å². The summed E-state index contributed by atoms with van der Waals surface area (Å²) in [5, 5.41) is 3.13. The number of carbonyl (C=O) groups excluding carboxylic acids is 1. The molecule has 0 saturated carbocycles. The summed E-state index contributed by atoms with van der Waals surface area (Å²) in [6.45, 7) is 5.10. The van der Waals surface area contributed by atoms with Crippen LogP contribution in [-0.2, 0) is 6.18 Å². The van der Waals surface area contributed by atoms with Crippen molar-refractivity contribution in [2.45, 2.75) is 38.9 Å². The Kier molecular flexibility index (Phi) is 6.69. The minimum atomic E-state index is -4.42. The van der Waals surface area contributed by atoms with Gasteiger partial charge in [0.05, 0.1) is 22.0 Å². The number of piperidine rings is 1. The Labute approximate surface area is 194 Å². The second kappa shape index (κ2) is 9.51. The molecule has 3 heterocycles. The van der Waals surface area contributed by atoms with Crippen molar-refractivity contribution in [3.63, 3.8) is 0 Å². The largest absolute Gasteiger partial charge is 0.417 e. The second-order valence-corrected chi connectivity index (χ2v) is 9.30. The first-order valence-electron chi connectivity index (χ1n) is 10.8. The maximum atomic E-state index is 13.7. The Balaban J connectivity index is 1.55. The molecule has 1 N–H and O–H groups in total. The molecule has 0 aliphatic carbocycles. The zero-order valence-corrected chi connectivity index (χ0v) is 19.2. The average Bonchev–Trinajstić information content (AvgIpc) is 3.32. The number of nitrogens with zero attached hydrogens (tertiary/aromatic N) is 3. The minimum absolute atomic E-state index is 0.0409. The molecule has 5 nitrogen and oxygen atoms in total. The van der Waals surface area contributed by atoms with Gasteiger partial charge in [-0.2, -0.15) is 13.2 Å². The van der Waals surface area contributed by atoms with E-state index in [1.807, 2.05) is 30.0 Å². The topological polar surface area (TPSA) is 58.1 Å². The quantitative estimate of drug-likeness (QED) is 0.501. The first-order valence-corrected chi connectivity index (χ1v) is 11.7. The monoisotopic (exact) mass is 474 g/mol. The zero-order chi connectivity index (χ0) is 23.6. The number of pyridine rings is 1. The summed E-state index contributed by atoms with van der Waals surface area (Å²) in [6.07, 6.45) is 0.0515. The Morgan fingerprint density at radius 3 is 2.73 bits per heavy atom. The number of thiazole rings is 1. The van der Waals surface area contributed by atoms with Crippen LogP contribution in [0.25, 0.3) is 10.4 Å². The summed E-state index contributed by atoms with van der Waals surface area (Å²) in [5.41, 5.74) is 3.47. The minimum Gasteiger partial charge on any atom is -0.368 e. The average molecular weight is 475 g/mol. The Bertz CT molecular complexity index is 1100. The van der Waals surface area contributed by atoms with Crippen molar-refractivity contribution in [3.05, 3.63) is 64.9 Å². The van der Waals surface area contributed by atoms with Crippen LogP contribution in [0.5, 0.6) is 0 Å². The van der Waals surface area contributed by atoms with Gasteiger partial charge in [-0.15, -0.1) is 11.3 Å². The number of hydrogen-bond acceptors (Lipinski definition) is 5. The zero-order valence-electron chi connectivity index (χ0n) is 18.4. The van der Waals surface area contributed by atoms with E-state index in [1.165, 1.54) is 17.4 Å². The Morgan fingerprint density at radius 1 is 1.24 bits per heavy atom. The highest BCUT2D eigenvalue weighted by atomic mass is 32.1. The van der Waals surface area contributed by atoms with Gasteiger partial charge in [0.15, 0.2) is 0 Å². The van der Waals surface area contributed by atoms with Crippen LogP contribution in [0, 0.1) is 12.8 Å². The molecule has 0 spiro atoms. The fourth-order valence-electron chi connectivity index (χ4n) is 4.24. The number of halogens is 3. The van der Waals surface area contributed by atoms with Crippen LogP contribution < -0.4 is 5.32 Å². The number of hydrogen-bond donors (Lipinski definition) is 1. The third-order valence-corrected chi connectivity index (χ3v) is 6.87. The predicted molar refractivity (Wildman–Crippen MR) is 123 cm³/mol. The van der Waals surface area contributed by atoms with Crippen LogP contribution in [-0.4, -0.2) is 39.9 Å². The highest BCUT2D eigenvalue weighted by Gasteiger charge is 2.34. The van der Waals surface area contributed by atoms with Crippen molar-refractivity contribution >= 4 is 23.1 Å². The lowest BCUT2D eigenvalue weighted by molar-refractivity contribution is -0.137. The van der Waals surface area contributed by atoms with E-state index in [2.05, 4.69) is 22.2 Å². The van der Waals surface area contributed by atoms with Crippen molar-refractivity contribution < 1.29 is 18.0 Å². The van der Waals surface area contributed by atoms with E-state index >= 15 is 0 Å². The Morgan fingerprint density at radius 2 is 2.06 bits per heavy atom. The molecule has 1 aromatic carbocycles. The predicted octanol–water partition coefficient (Wildman–Crippen LogP) is 5.89. The molecule has 1 saturated heterocycles. The smallest absolute Gasteiger partial charge is 0.368 e. The SMILES string of the molecule is Cc1ccc(-c2cncs2)c(C(=O)N2CCCC(C)C2CNc2ccc(C(F)(F)F)cn2)c1. The molecule has 1 fully saturated rings. The van der Waals surface area contributed by atoms with E-state index in [9.17, 15) is 18.0 Å². The van der Waals surface area contributed by atoms with Gasteiger partial charge in [-0.25, -0.2) is 4.98 Å². The van der Waals surface area contributed by atoms with Crippen LogP contribution in [0.15, 0.2) is 48.2 Å². The van der Waals surface area contributed by atoms with E-state index in [-0.39, 0.29) is 17.9 Å². The molecule has 2 unspecified atom stereocenters. The highest BCUT2D eigenvalue weighted by molar-refractivity contribution is 7.13. The fourth-order valence-corrected chi connectivity index (χ4v) is 4.90. The van der Waals surface area contributed by atoms with Crippen LogP contribution in [0.4, 0.5) is 19.0 Å². The van der Waals surface area contributed by atoms with Gasteiger partial charge in [0.1, 0.15) is 5.82 Å². The summed E-state index contributed by atoms with van der Waals surface area (Å²) in [4.78, 5) is 24.6. The Hall–Kier alpha value is -2.94. The lowest BCUT2D eigenvalue weighted by Gasteiger charge is -2.40. The molecule has 1 aliphatic heterocycles. The molecule has 2 aromatic heterocycles. The van der Waals surface area contributed by atoms with Crippen LogP contribution in [0.2, 0.25) is 0 Å². The normalized spacial score (nSPS) is 18.9. The summed E-state index contributed by atoms with van der Waals surface area (Å²) in [7, 11) is 0. The lowest BCUT2D eigenvalue weighted by atomic mass is 9.89. The number of aryl methyl sites for hydroxylation is 1. The molecule has 1 aliphatic rings. The van der Waals surface area contributed by atoms with Gasteiger partial charge < -0.3 is 10.2 Å². The molecule has 9 heteroatoms. The third kappa shape index (κ3) is 5.19. The summed E-state index contributed by atoms with van der Waals surface area (Å²) in [5.74, 6) is 0.552. The van der Waals surface area contributed by atoms with Gasteiger partial charge in [-0.1, -0.05) is 24.6 Å². The third-order valence-electron chi connectivity index (χ3n) is 6.06. The van der Waals surface area contributed by atoms with Gasteiger partial charge in [0.2, 0.25) is 0 Å². The van der Waals surface area contributed by atoms with Crippen LogP contribution in [0.3, 0.4) is 0 Å². The standard InChI is InChI=1S/C24H25F3N4OS/c1-15-5-7-18(21-13-28-14-33-21)19(10-15)23(32)31-9-3-4-16(2)20(31)12-30-22-8-6-17(11-29-22)24(25,26)27/h5-8,10-11,13-14,16,20H,3-4,9,12H2,1-2H3,(H,29,30). The van der Waals surface area contributed by atoms with Crippen molar-refractivity contribution in [3.8, 4) is 10.4 Å². The molecule has 4 rings (SSSR count). The van der Waals surface area contributed by atoms with Gasteiger partial charge in [-0.05, 0) is 43.9 Å². The molecule has 0 radical (unpaired) electrons. The maximum Gasteiger partial charge on any atom is 0.417 e. The molecule has 1 amide bonds. The summed E-state index contributed by atoms with van der Waals surface area (Å²) < 4.78 is 38.4. The number of amides is 1. The molecule has 33 heavy (non-hydrogen) atoms. The van der Waals surface area contributed by atoms with Gasteiger partial charge in [0, 0.05) is 36.6 Å². The lowest BCUT2D eigenvalue weighted by Crippen LogP contribution is -2.51. The van der Waals surface area contributed by atoms with E-state index < -0.39 is 11.7 Å². The van der Waals surface area contributed by atoms with E-state index in [1.54, 1.807) is 11.7 Å². The number of nitrogens with one attached hydrogen (secondary N) is 1. The van der Waals surface area contributed by atoms with Crippen molar-refractivity contribution in [2.24, 2.45) is 5.92 Å². The van der Waals surface area contributed by atoms with E-state index in [4.69, 9.17) is 0 Å². The van der Waals surface area contributed by atoms with Gasteiger partial charge in [0.25, 0.3) is 5.91 Å². The highest BCUT2D eigenvalue weighted by Crippen LogP contribution is 2.32. The molecule has 0 bridgehead atoms. The van der Waals surface area contributed by atoms with Crippen molar-refractivity contribution in [1.82, 2.24) is 14.9 Å². The molecule has 3 aromatic rings. The van der Waals surface area contributed by atoms with E-state index in [0.717, 1.165) is 41.1 Å². The number of likely N-dealkylation sites (tertiary alicyclic amines) is 1. The molecular formula is C24H25F3N4OS. The number of anilines is 1. The number of benzene rings is 1. The van der Waals surface area contributed by atoms with Crippen LogP contribution >= 0.6 is 11.3 Å². The maximum absolute atomic E-state index is 13.7. The van der Waals surface area contributed by atoms with E-state index in [0.29, 0.717) is 24.5 Å². The summed E-state index contributed by atoms with van der Waals surface area (Å²) >= 11 is 1.49. The van der Waals surface area contributed by atoms with Crippen molar-refractivity contribution in [1.29, 1.82) is 0 Å².